The van der Waals surface area contributed by atoms with Gasteiger partial charge in [0.05, 0.1) is 0 Å². The van der Waals surface area contributed by atoms with E-state index in [0.717, 1.165) is 10.2 Å². The van der Waals surface area contributed by atoms with Gasteiger partial charge in [-0.2, -0.15) is 4.99 Å². The number of thiophene rings is 1. The van der Waals surface area contributed by atoms with E-state index in [2.05, 4.69) is 9.98 Å². The van der Waals surface area contributed by atoms with Gasteiger partial charge in [0, 0.05) is 11.6 Å². The first-order chi connectivity index (χ1) is 5.90. The van der Waals surface area contributed by atoms with Gasteiger partial charge in [-0.15, -0.1) is 0 Å². The Balaban J connectivity index is 2.69. The molecule has 0 fully saturated rings. The molecule has 0 aliphatic carbocycles. The Hall–Kier alpha value is -1.51. The monoisotopic (exact) mass is 176 g/mol. The maximum absolute atomic E-state index is 9.95. The van der Waals surface area contributed by atoms with Crippen molar-refractivity contribution in [2.24, 2.45) is 4.99 Å². The zero-order chi connectivity index (χ0) is 8.39. The average molecular weight is 176 g/mol. The summed E-state index contributed by atoms with van der Waals surface area (Å²) < 4.78 is 0. The number of pyridine rings is 1. The standard InChI is InChI=1S/C8H4N2OS/c11-5-10-7-4-6-2-1-3-9-8(6)12-7/h1-4H. The van der Waals surface area contributed by atoms with Crippen LogP contribution in [0.1, 0.15) is 0 Å². The minimum absolute atomic E-state index is 0.652. The second kappa shape index (κ2) is 2.85. The smallest absolute Gasteiger partial charge is 0.241 e. The van der Waals surface area contributed by atoms with Crippen LogP contribution < -0.4 is 0 Å². The highest BCUT2D eigenvalue weighted by Gasteiger charge is 1.99. The summed E-state index contributed by atoms with van der Waals surface area (Å²) in [6.07, 6.45) is 3.22. The molecular weight excluding hydrogens is 172 g/mol. The predicted octanol–water partition coefficient (Wildman–Crippen LogP) is 2.26. The molecule has 0 aliphatic heterocycles. The lowest BCUT2D eigenvalue weighted by molar-refractivity contribution is 0.565. The summed E-state index contributed by atoms with van der Waals surface area (Å²) in [5.41, 5.74) is 0. The van der Waals surface area contributed by atoms with Crippen molar-refractivity contribution in [3.05, 3.63) is 24.4 Å². The molecule has 0 unspecified atom stereocenters. The minimum Gasteiger partial charge on any atom is -0.245 e. The van der Waals surface area contributed by atoms with Gasteiger partial charge in [-0.3, -0.25) is 0 Å². The molecule has 0 aliphatic rings. The van der Waals surface area contributed by atoms with Gasteiger partial charge in [-0.25, -0.2) is 9.78 Å². The Labute approximate surface area is 72.4 Å². The Kier molecular flexibility index (Phi) is 1.70. The molecule has 2 aromatic rings. The van der Waals surface area contributed by atoms with E-state index in [9.17, 15) is 4.79 Å². The van der Waals surface area contributed by atoms with Gasteiger partial charge < -0.3 is 0 Å². The molecule has 58 valence electrons. The second-order valence-electron chi connectivity index (χ2n) is 2.19. The second-order valence-corrected chi connectivity index (χ2v) is 3.19. The molecule has 12 heavy (non-hydrogen) atoms. The summed E-state index contributed by atoms with van der Waals surface area (Å²) in [4.78, 5) is 18.5. The average Bonchev–Trinajstić information content (AvgIpc) is 2.47. The van der Waals surface area contributed by atoms with Crippen LogP contribution in [0.4, 0.5) is 5.00 Å². The lowest BCUT2D eigenvalue weighted by Gasteiger charge is -1.81. The van der Waals surface area contributed by atoms with Gasteiger partial charge in [-0.05, 0) is 12.1 Å². The van der Waals surface area contributed by atoms with Crippen molar-refractivity contribution in [2.75, 3.05) is 0 Å². The van der Waals surface area contributed by atoms with Gasteiger partial charge in [0.15, 0.2) is 0 Å². The number of fused-ring (bicyclic) bond motifs is 1. The van der Waals surface area contributed by atoms with Gasteiger partial charge in [0.1, 0.15) is 9.83 Å². The zero-order valence-electron chi connectivity index (χ0n) is 6.02. The largest absolute Gasteiger partial charge is 0.245 e. The van der Waals surface area contributed by atoms with E-state index in [-0.39, 0.29) is 0 Å². The van der Waals surface area contributed by atoms with Gasteiger partial charge in [-0.1, -0.05) is 17.4 Å². The summed E-state index contributed by atoms with van der Waals surface area (Å²) in [7, 11) is 0. The third-order valence-corrected chi connectivity index (χ3v) is 2.39. The molecule has 0 saturated carbocycles. The highest BCUT2D eigenvalue weighted by Crippen LogP contribution is 2.29. The van der Waals surface area contributed by atoms with Crippen molar-refractivity contribution >= 4 is 32.6 Å². The van der Waals surface area contributed by atoms with E-state index in [0.29, 0.717) is 5.00 Å². The van der Waals surface area contributed by atoms with Gasteiger partial charge in [0.25, 0.3) is 0 Å². The maximum Gasteiger partial charge on any atom is 0.241 e. The summed E-state index contributed by atoms with van der Waals surface area (Å²) in [6.45, 7) is 0. The molecule has 0 saturated heterocycles. The zero-order valence-corrected chi connectivity index (χ0v) is 6.84. The van der Waals surface area contributed by atoms with Crippen molar-refractivity contribution in [2.45, 2.75) is 0 Å². The minimum atomic E-state index is 0.652. The van der Waals surface area contributed by atoms with Crippen molar-refractivity contribution < 1.29 is 4.79 Å². The number of aromatic nitrogens is 1. The van der Waals surface area contributed by atoms with Crippen molar-refractivity contribution in [3.8, 4) is 0 Å². The van der Waals surface area contributed by atoms with E-state index in [4.69, 9.17) is 0 Å². The molecule has 2 heterocycles. The molecule has 0 aromatic carbocycles. The van der Waals surface area contributed by atoms with Crippen LogP contribution >= 0.6 is 11.3 Å². The van der Waals surface area contributed by atoms with Crippen molar-refractivity contribution in [1.29, 1.82) is 0 Å². The topological polar surface area (TPSA) is 42.3 Å². The van der Waals surface area contributed by atoms with Crippen LogP contribution in [0.2, 0.25) is 0 Å². The number of aliphatic imine (C=N–C) groups is 1. The predicted molar refractivity (Wildman–Crippen MR) is 47.4 cm³/mol. The summed E-state index contributed by atoms with van der Waals surface area (Å²) in [6, 6.07) is 5.60. The fourth-order valence-electron chi connectivity index (χ4n) is 0.960. The van der Waals surface area contributed by atoms with Crippen molar-refractivity contribution in [3.63, 3.8) is 0 Å². The number of nitrogens with zero attached hydrogens (tertiary/aromatic N) is 2. The quantitative estimate of drug-likeness (QED) is 0.494. The Bertz CT molecular complexity index is 424. The lowest BCUT2D eigenvalue weighted by Crippen LogP contribution is -1.65. The van der Waals surface area contributed by atoms with E-state index in [1.165, 1.54) is 17.4 Å². The first kappa shape index (κ1) is 7.16. The Morgan fingerprint density at radius 2 is 2.50 bits per heavy atom. The Morgan fingerprint density at radius 3 is 3.25 bits per heavy atom. The number of hydrogen-bond donors (Lipinski definition) is 0. The molecule has 3 nitrogen and oxygen atoms in total. The molecule has 2 aromatic heterocycles. The number of isocyanates is 1. The van der Waals surface area contributed by atoms with Crippen molar-refractivity contribution in [1.82, 2.24) is 4.98 Å². The number of hydrogen-bond acceptors (Lipinski definition) is 4. The molecule has 0 N–H and O–H groups in total. The van der Waals surface area contributed by atoms with E-state index >= 15 is 0 Å². The number of rotatable bonds is 1. The molecule has 4 heteroatoms. The third kappa shape index (κ3) is 1.13. The first-order valence-electron chi connectivity index (χ1n) is 3.32. The van der Waals surface area contributed by atoms with Crippen LogP contribution in [0.25, 0.3) is 10.2 Å². The fraction of sp³-hybridized carbons (Fsp3) is 0. The summed E-state index contributed by atoms with van der Waals surface area (Å²) in [5.74, 6) is 0. The lowest BCUT2D eigenvalue weighted by atomic mass is 10.3. The normalized spacial score (nSPS) is 9.67. The van der Waals surface area contributed by atoms with Gasteiger partial charge in [0.2, 0.25) is 6.08 Å². The highest BCUT2D eigenvalue weighted by molar-refractivity contribution is 7.22. The maximum atomic E-state index is 9.95. The molecule has 0 radical (unpaired) electrons. The molecule has 0 bridgehead atoms. The summed E-state index contributed by atoms with van der Waals surface area (Å²) in [5, 5.41) is 1.66. The van der Waals surface area contributed by atoms with E-state index in [1.54, 1.807) is 6.20 Å². The van der Waals surface area contributed by atoms with Gasteiger partial charge >= 0.3 is 0 Å². The fourth-order valence-corrected chi connectivity index (χ4v) is 1.79. The van der Waals surface area contributed by atoms with Crippen LogP contribution in [0.3, 0.4) is 0 Å². The molecular formula is C8H4N2OS. The van der Waals surface area contributed by atoms with E-state index in [1.807, 2.05) is 18.2 Å². The van der Waals surface area contributed by atoms with Crippen LogP contribution in [0.5, 0.6) is 0 Å². The third-order valence-electron chi connectivity index (χ3n) is 1.44. The molecule has 0 amide bonds. The Morgan fingerprint density at radius 1 is 1.58 bits per heavy atom. The molecule has 2 rings (SSSR count). The highest BCUT2D eigenvalue weighted by atomic mass is 32.1. The molecule has 0 spiro atoms. The van der Waals surface area contributed by atoms with Crippen LogP contribution in [-0.4, -0.2) is 11.1 Å². The van der Waals surface area contributed by atoms with E-state index < -0.39 is 0 Å². The SMILES string of the molecule is O=C=Nc1cc2cccnc2s1. The van der Waals surface area contributed by atoms with Crippen LogP contribution in [0.15, 0.2) is 29.4 Å². The first-order valence-corrected chi connectivity index (χ1v) is 4.14. The van der Waals surface area contributed by atoms with Crippen LogP contribution in [0, 0.1) is 0 Å². The number of carbonyl (C=O) groups excluding carboxylic acids is 1. The molecule has 0 atom stereocenters. The summed E-state index contributed by atoms with van der Waals surface area (Å²) >= 11 is 1.38. The van der Waals surface area contributed by atoms with Crippen LogP contribution in [-0.2, 0) is 4.79 Å².